The SMILES string of the molecule is CC(C)[C@H]1CC(OO)[C@@H](C)CC1=O. The highest BCUT2D eigenvalue weighted by molar-refractivity contribution is 5.82. The standard InChI is InChI=1S/C10H18O3/c1-6(2)8-5-10(13-12)7(3)4-9(8)11/h6-8,10,12H,4-5H2,1-3H3/t7-,8+,10?/m0/s1. The summed E-state index contributed by atoms with van der Waals surface area (Å²) in [4.78, 5) is 16.0. The molecule has 0 aromatic heterocycles. The Morgan fingerprint density at radius 1 is 1.54 bits per heavy atom. The topological polar surface area (TPSA) is 46.5 Å². The fraction of sp³-hybridized carbons (Fsp3) is 0.900. The van der Waals surface area contributed by atoms with E-state index >= 15 is 0 Å². The van der Waals surface area contributed by atoms with Gasteiger partial charge in [0.05, 0.1) is 6.10 Å². The Hall–Kier alpha value is -0.410. The van der Waals surface area contributed by atoms with E-state index in [0.29, 0.717) is 24.5 Å². The highest BCUT2D eigenvalue weighted by Gasteiger charge is 2.35. The lowest BCUT2D eigenvalue weighted by atomic mass is 9.75. The molecule has 0 aromatic rings. The Morgan fingerprint density at radius 2 is 2.15 bits per heavy atom. The number of hydrogen-bond acceptors (Lipinski definition) is 3. The first-order valence-corrected chi connectivity index (χ1v) is 4.89. The molecule has 0 spiro atoms. The van der Waals surface area contributed by atoms with Crippen molar-refractivity contribution < 1.29 is 14.9 Å². The van der Waals surface area contributed by atoms with E-state index in [9.17, 15) is 4.79 Å². The van der Waals surface area contributed by atoms with E-state index in [1.165, 1.54) is 0 Å². The lowest BCUT2D eigenvalue weighted by molar-refractivity contribution is -0.295. The second-order valence-electron chi connectivity index (χ2n) is 4.38. The summed E-state index contributed by atoms with van der Waals surface area (Å²) in [7, 11) is 0. The molecular weight excluding hydrogens is 168 g/mol. The third kappa shape index (κ3) is 2.29. The van der Waals surface area contributed by atoms with Gasteiger partial charge in [0.25, 0.3) is 0 Å². The molecule has 0 amide bonds. The average Bonchev–Trinajstić information content (AvgIpc) is 2.03. The number of hydrogen-bond donors (Lipinski definition) is 1. The zero-order valence-corrected chi connectivity index (χ0v) is 8.49. The van der Waals surface area contributed by atoms with Crippen LogP contribution in [0.1, 0.15) is 33.6 Å². The van der Waals surface area contributed by atoms with Gasteiger partial charge in [-0.3, -0.25) is 10.1 Å². The molecule has 0 aromatic carbocycles. The van der Waals surface area contributed by atoms with E-state index < -0.39 is 0 Å². The van der Waals surface area contributed by atoms with Crippen molar-refractivity contribution in [3.63, 3.8) is 0 Å². The van der Waals surface area contributed by atoms with E-state index in [2.05, 4.69) is 4.89 Å². The van der Waals surface area contributed by atoms with Gasteiger partial charge >= 0.3 is 0 Å². The van der Waals surface area contributed by atoms with Crippen LogP contribution in [-0.2, 0) is 9.68 Å². The zero-order chi connectivity index (χ0) is 10.0. The third-order valence-corrected chi connectivity index (χ3v) is 3.00. The van der Waals surface area contributed by atoms with Crippen LogP contribution < -0.4 is 0 Å². The van der Waals surface area contributed by atoms with Gasteiger partial charge in [-0.2, -0.15) is 0 Å². The molecule has 1 aliphatic rings. The minimum Gasteiger partial charge on any atom is -0.299 e. The van der Waals surface area contributed by atoms with Gasteiger partial charge in [-0.25, -0.2) is 4.89 Å². The molecule has 3 atom stereocenters. The average molecular weight is 186 g/mol. The predicted molar refractivity (Wildman–Crippen MR) is 49.2 cm³/mol. The maximum absolute atomic E-state index is 11.6. The molecule has 3 nitrogen and oxygen atoms in total. The van der Waals surface area contributed by atoms with Crippen LogP contribution in [0.15, 0.2) is 0 Å². The molecule has 0 heterocycles. The first-order valence-electron chi connectivity index (χ1n) is 4.89. The van der Waals surface area contributed by atoms with Crippen molar-refractivity contribution in [3.8, 4) is 0 Å². The molecule has 1 N–H and O–H groups in total. The van der Waals surface area contributed by atoms with Crippen molar-refractivity contribution in [2.45, 2.75) is 39.7 Å². The smallest absolute Gasteiger partial charge is 0.136 e. The number of ketones is 1. The van der Waals surface area contributed by atoms with E-state index in [1.807, 2.05) is 20.8 Å². The second-order valence-corrected chi connectivity index (χ2v) is 4.38. The van der Waals surface area contributed by atoms with Gasteiger partial charge in [-0.15, -0.1) is 0 Å². The van der Waals surface area contributed by atoms with Crippen molar-refractivity contribution in [1.82, 2.24) is 0 Å². The molecular formula is C10H18O3. The van der Waals surface area contributed by atoms with Crippen LogP contribution in [0.4, 0.5) is 0 Å². The van der Waals surface area contributed by atoms with E-state index in [1.54, 1.807) is 0 Å². The summed E-state index contributed by atoms with van der Waals surface area (Å²) in [5.74, 6) is 0.870. The molecule has 1 saturated carbocycles. The zero-order valence-electron chi connectivity index (χ0n) is 8.49. The van der Waals surface area contributed by atoms with Crippen LogP contribution in [0.25, 0.3) is 0 Å². The molecule has 1 rings (SSSR count). The Balaban J connectivity index is 2.63. The van der Waals surface area contributed by atoms with Crippen LogP contribution in [0, 0.1) is 17.8 Å². The first-order chi connectivity index (χ1) is 6.06. The van der Waals surface area contributed by atoms with E-state index in [0.717, 1.165) is 0 Å². The third-order valence-electron chi connectivity index (χ3n) is 3.00. The van der Waals surface area contributed by atoms with Crippen LogP contribution in [0.2, 0.25) is 0 Å². The van der Waals surface area contributed by atoms with Crippen molar-refractivity contribution in [2.75, 3.05) is 0 Å². The minimum absolute atomic E-state index is 0.0633. The molecule has 0 bridgehead atoms. The summed E-state index contributed by atoms with van der Waals surface area (Å²) in [6.45, 7) is 6.01. The highest BCUT2D eigenvalue weighted by Crippen LogP contribution is 2.32. The number of carbonyl (C=O) groups is 1. The molecule has 0 radical (unpaired) electrons. The van der Waals surface area contributed by atoms with Crippen molar-refractivity contribution >= 4 is 5.78 Å². The fourth-order valence-corrected chi connectivity index (χ4v) is 2.01. The predicted octanol–water partition coefficient (Wildman–Crippen LogP) is 2.12. The Labute approximate surface area is 79.0 Å². The molecule has 0 saturated heterocycles. The molecule has 3 heteroatoms. The molecule has 76 valence electrons. The van der Waals surface area contributed by atoms with Crippen LogP contribution >= 0.6 is 0 Å². The molecule has 1 aliphatic carbocycles. The van der Waals surface area contributed by atoms with Crippen molar-refractivity contribution in [2.24, 2.45) is 17.8 Å². The van der Waals surface area contributed by atoms with Gasteiger partial charge < -0.3 is 0 Å². The lowest BCUT2D eigenvalue weighted by Gasteiger charge is -2.32. The van der Waals surface area contributed by atoms with Gasteiger partial charge in [0.15, 0.2) is 0 Å². The van der Waals surface area contributed by atoms with Gasteiger partial charge in [0.2, 0.25) is 0 Å². The number of Topliss-reactive ketones (excluding diaryl/α,β-unsaturated/α-hetero) is 1. The Bertz CT molecular complexity index is 189. The number of carbonyl (C=O) groups excluding carboxylic acids is 1. The summed E-state index contributed by atoms with van der Waals surface area (Å²) in [6.07, 6.45) is 1.03. The van der Waals surface area contributed by atoms with Crippen LogP contribution in [0.5, 0.6) is 0 Å². The Kier molecular flexibility index (Phi) is 3.45. The Morgan fingerprint density at radius 3 is 2.62 bits per heavy atom. The number of rotatable bonds is 2. The second kappa shape index (κ2) is 4.20. The monoisotopic (exact) mass is 186 g/mol. The van der Waals surface area contributed by atoms with E-state index in [-0.39, 0.29) is 17.9 Å². The van der Waals surface area contributed by atoms with Crippen LogP contribution in [0.3, 0.4) is 0 Å². The quantitative estimate of drug-likeness (QED) is 0.530. The highest BCUT2D eigenvalue weighted by atomic mass is 17.1. The fourth-order valence-electron chi connectivity index (χ4n) is 2.01. The molecule has 13 heavy (non-hydrogen) atoms. The summed E-state index contributed by atoms with van der Waals surface area (Å²) >= 11 is 0. The van der Waals surface area contributed by atoms with Crippen LogP contribution in [-0.4, -0.2) is 17.1 Å². The van der Waals surface area contributed by atoms with E-state index in [4.69, 9.17) is 5.26 Å². The molecule has 0 aliphatic heterocycles. The lowest BCUT2D eigenvalue weighted by Crippen LogP contribution is -2.37. The largest absolute Gasteiger partial charge is 0.299 e. The minimum atomic E-state index is -0.162. The first kappa shape index (κ1) is 10.7. The van der Waals surface area contributed by atoms with Gasteiger partial charge in [-0.05, 0) is 18.3 Å². The van der Waals surface area contributed by atoms with Gasteiger partial charge in [0, 0.05) is 12.3 Å². The van der Waals surface area contributed by atoms with Gasteiger partial charge in [0.1, 0.15) is 5.78 Å². The van der Waals surface area contributed by atoms with Gasteiger partial charge in [-0.1, -0.05) is 20.8 Å². The summed E-state index contributed by atoms with van der Waals surface area (Å²) < 4.78 is 0. The molecule has 1 unspecified atom stereocenters. The maximum atomic E-state index is 11.6. The van der Waals surface area contributed by atoms with Crippen molar-refractivity contribution in [3.05, 3.63) is 0 Å². The normalized spacial score (nSPS) is 35.5. The summed E-state index contributed by atoms with van der Waals surface area (Å²) in [6, 6.07) is 0. The summed E-state index contributed by atoms with van der Waals surface area (Å²) in [5.41, 5.74) is 0. The van der Waals surface area contributed by atoms with Crippen molar-refractivity contribution in [1.29, 1.82) is 0 Å². The maximum Gasteiger partial charge on any atom is 0.136 e. The summed E-state index contributed by atoms with van der Waals surface area (Å²) in [5, 5.41) is 8.64. The molecule has 1 fully saturated rings.